The molecule has 0 aliphatic heterocycles. The molecule has 0 spiro atoms. The van der Waals surface area contributed by atoms with Gasteiger partial charge in [0.05, 0.1) is 11.5 Å². The second kappa shape index (κ2) is 3.01. The summed E-state index contributed by atoms with van der Waals surface area (Å²) in [6.45, 7) is 10.8. The quantitative estimate of drug-likeness (QED) is 0.764. The Bertz CT molecular complexity index is 315. The van der Waals surface area contributed by atoms with Crippen molar-refractivity contribution in [2.45, 2.75) is 46.1 Å². The van der Waals surface area contributed by atoms with E-state index in [0.717, 1.165) is 19.3 Å². The van der Waals surface area contributed by atoms with Crippen LogP contribution >= 0.6 is 0 Å². The van der Waals surface area contributed by atoms with Gasteiger partial charge in [-0.2, -0.15) is 5.26 Å². The summed E-state index contributed by atoms with van der Waals surface area (Å²) in [5.74, 6) is 0.624. The molecule has 2 bridgehead atoms. The fourth-order valence-corrected chi connectivity index (χ4v) is 2.82. The van der Waals surface area contributed by atoms with Crippen LogP contribution in [0.5, 0.6) is 0 Å². The highest BCUT2D eigenvalue weighted by molar-refractivity contribution is 5.35. The molecule has 3 rings (SSSR count). The zero-order valence-corrected chi connectivity index (χ0v) is 9.93. The Labute approximate surface area is 92.4 Å². The van der Waals surface area contributed by atoms with Crippen molar-refractivity contribution in [3.05, 3.63) is 12.3 Å². The molecule has 3 aliphatic rings. The average Bonchev–Trinajstić information content (AvgIpc) is 1.99. The van der Waals surface area contributed by atoms with Gasteiger partial charge in [0, 0.05) is 17.2 Å². The third-order valence-electron chi connectivity index (χ3n) is 4.31. The largest absolute Gasteiger partial charge is 0.386 e. The van der Waals surface area contributed by atoms with Gasteiger partial charge < -0.3 is 5.32 Å². The first-order valence-corrected chi connectivity index (χ1v) is 5.80. The second-order valence-corrected chi connectivity index (χ2v) is 5.86. The first-order valence-electron chi connectivity index (χ1n) is 5.80. The van der Waals surface area contributed by atoms with Crippen molar-refractivity contribution in [3.63, 3.8) is 0 Å². The predicted molar refractivity (Wildman–Crippen MR) is 60.9 cm³/mol. The van der Waals surface area contributed by atoms with Crippen molar-refractivity contribution in [1.29, 1.82) is 5.26 Å². The Morgan fingerprint density at radius 1 is 1.33 bits per heavy atom. The summed E-state index contributed by atoms with van der Waals surface area (Å²) >= 11 is 0. The molecule has 3 fully saturated rings. The van der Waals surface area contributed by atoms with Crippen molar-refractivity contribution in [2.24, 2.45) is 16.7 Å². The standard InChI is InChI=1S/C13H20N2/c1-9(2)10(3)15-11(4)13-5-12(6-13,7-13)8-14/h9-10,15H,4-7H2,1-3H3/t10-,12?,13?/m1/s1. The third-order valence-corrected chi connectivity index (χ3v) is 4.31. The molecule has 2 heteroatoms. The van der Waals surface area contributed by atoms with Crippen molar-refractivity contribution >= 4 is 0 Å². The first-order chi connectivity index (χ1) is 6.93. The number of hydrogen-bond donors (Lipinski definition) is 1. The lowest BCUT2D eigenvalue weighted by molar-refractivity contribution is -0.137. The molecule has 82 valence electrons. The van der Waals surface area contributed by atoms with Crippen molar-refractivity contribution in [3.8, 4) is 6.07 Å². The molecule has 0 radical (unpaired) electrons. The predicted octanol–water partition coefficient (Wildman–Crippen LogP) is 2.83. The summed E-state index contributed by atoms with van der Waals surface area (Å²) in [5.41, 5.74) is 1.48. The zero-order valence-electron chi connectivity index (χ0n) is 9.93. The monoisotopic (exact) mass is 204 g/mol. The maximum absolute atomic E-state index is 8.95. The average molecular weight is 204 g/mol. The van der Waals surface area contributed by atoms with Gasteiger partial charge in [-0.05, 0) is 32.1 Å². The van der Waals surface area contributed by atoms with Crippen LogP contribution in [-0.2, 0) is 0 Å². The summed E-state index contributed by atoms with van der Waals surface area (Å²) in [4.78, 5) is 0. The van der Waals surface area contributed by atoms with Gasteiger partial charge in [0.15, 0.2) is 0 Å². The topological polar surface area (TPSA) is 35.8 Å². The number of hydrogen-bond acceptors (Lipinski definition) is 2. The molecular weight excluding hydrogens is 184 g/mol. The van der Waals surface area contributed by atoms with Crippen molar-refractivity contribution < 1.29 is 0 Å². The number of nitrogens with zero attached hydrogens (tertiary/aromatic N) is 1. The molecule has 0 heterocycles. The highest BCUT2D eigenvalue weighted by Crippen LogP contribution is 2.75. The minimum absolute atomic E-state index is 0.0334. The van der Waals surface area contributed by atoms with Crippen LogP contribution in [0, 0.1) is 28.1 Å². The Balaban J connectivity index is 1.88. The minimum atomic E-state index is 0.0334. The van der Waals surface area contributed by atoms with E-state index in [2.05, 4.69) is 38.7 Å². The van der Waals surface area contributed by atoms with Crippen LogP contribution in [0.4, 0.5) is 0 Å². The van der Waals surface area contributed by atoms with E-state index in [9.17, 15) is 0 Å². The van der Waals surface area contributed by atoms with E-state index in [-0.39, 0.29) is 10.8 Å². The lowest BCUT2D eigenvalue weighted by Gasteiger charge is -2.68. The summed E-state index contributed by atoms with van der Waals surface area (Å²) in [6.07, 6.45) is 3.10. The van der Waals surface area contributed by atoms with E-state index >= 15 is 0 Å². The zero-order chi connectivity index (χ0) is 11.3. The molecule has 15 heavy (non-hydrogen) atoms. The van der Waals surface area contributed by atoms with Crippen LogP contribution in [-0.4, -0.2) is 6.04 Å². The Hall–Kier alpha value is -0.970. The first kappa shape index (κ1) is 10.5. The smallest absolute Gasteiger partial charge is 0.0690 e. The molecule has 2 nitrogen and oxygen atoms in total. The van der Waals surface area contributed by atoms with Crippen LogP contribution < -0.4 is 5.32 Å². The molecule has 0 aromatic heterocycles. The molecule has 0 saturated heterocycles. The normalized spacial score (nSPS) is 38.6. The minimum Gasteiger partial charge on any atom is -0.386 e. The van der Waals surface area contributed by atoms with Gasteiger partial charge >= 0.3 is 0 Å². The van der Waals surface area contributed by atoms with E-state index in [0.29, 0.717) is 12.0 Å². The Kier molecular flexibility index (Phi) is 2.12. The van der Waals surface area contributed by atoms with E-state index in [1.807, 2.05) is 0 Å². The fourth-order valence-electron chi connectivity index (χ4n) is 2.82. The molecule has 3 saturated carbocycles. The van der Waals surface area contributed by atoms with Gasteiger partial charge in [-0.15, -0.1) is 0 Å². The maximum atomic E-state index is 8.95. The summed E-state index contributed by atoms with van der Waals surface area (Å²) in [7, 11) is 0. The van der Waals surface area contributed by atoms with E-state index in [1.54, 1.807) is 0 Å². The molecule has 0 amide bonds. The van der Waals surface area contributed by atoms with Gasteiger partial charge in [-0.25, -0.2) is 0 Å². The van der Waals surface area contributed by atoms with E-state index in [4.69, 9.17) is 5.26 Å². The molecule has 1 atom stereocenters. The molecule has 0 unspecified atom stereocenters. The van der Waals surface area contributed by atoms with Crippen LogP contribution in [0.1, 0.15) is 40.0 Å². The van der Waals surface area contributed by atoms with E-state index in [1.165, 1.54) is 5.70 Å². The summed E-state index contributed by atoms with van der Waals surface area (Å²) in [5, 5.41) is 12.4. The lowest BCUT2D eigenvalue weighted by Crippen LogP contribution is -2.63. The number of nitriles is 1. The van der Waals surface area contributed by atoms with Crippen molar-refractivity contribution in [2.75, 3.05) is 0 Å². The van der Waals surface area contributed by atoms with Crippen LogP contribution in [0.3, 0.4) is 0 Å². The number of allylic oxidation sites excluding steroid dienone is 1. The molecule has 3 aliphatic carbocycles. The Morgan fingerprint density at radius 2 is 1.87 bits per heavy atom. The molecule has 0 aromatic rings. The van der Waals surface area contributed by atoms with Crippen molar-refractivity contribution in [1.82, 2.24) is 5.32 Å². The summed E-state index contributed by atoms with van der Waals surface area (Å²) in [6, 6.07) is 2.91. The second-order valence-electron chi connectivity index (χ2n) is 5.86. The van der Waals surface area contributed by atoms with E-state index < -0.39 is 0 Å². The maximum Gasteiger partial charge on any atom is 0.0690 e. The Morgan fingerprint density at radius 3 is 2.27 bits per heavy atom. The third kappa shape index (κ3) is 1.37. The van der Waals surface area contributed by atoms with Gasteiger partial charge in [0.25, 0.3) is 0 Å². The van der Waals surface area contributed by atoms with Gasteiger partial charge in [-0.3, -0.25) is 0 Å². The molecular formula is C13H20N2. The SMILES string of the molecule is C=C(N[C@H](C)C(C)C)C12CC(C#N)(C1)C2. The van der Waals surface area contributed by atoms with Gasteiger partial charge in [0.2, 0.25) is 0 Å². The summed E-state index contributed by atoms with van der Waals surface area (Å²) < 4.78 is 0. The van der Waals surface area contributed by atoms with Crippen LogP contribution in [0.25, 0.3) is 0 Å². The lowest BCUT2D eigenvalue weighted by atomic mass is 9.35. The highest BCUT2D eigenvalue weighted by Gasteiger charge is 2.69. The molecule has 0 aromatic carbocycles. The number of nitrogens with one attached hydrogen (secondary N) is 1. The molecule has 1 N–H and O–H groups in total. The number of rotatable bonds is 4. The fraction of sp³-hybridized carbons (Fsp3) is 0.769. The van der Waals surface area contributed by atoms with Gasteiger partial charge in [0.1, 0.15) is 0 Å². The highest BCUT2D eigenvalue weighted by atomic mass is 15.0. The van der Waals surface area contributed by atoms with Gasteiger partial charge in [-0.1, -0.05) is 20.4 Å². The van der Waals surface area contributed by atoms with Crippen LogP contribution in [0.2, 0.25) is 0 Å². The van der Waals surface area contributed by atoms with Crippen LogP contribution in [0.15, 0.2) is 12.3 Å².